The van der Waals surface area contributed by atoms with E-state index < -0.39 is 11.7 Å². The zero-order valence-corrected chi connectivity index (χ0v) is 14.7. The Hall–Kier alpha value is -2.73. The topological polar surface area (TPSA) is 56.8 Å². The van der Waals surface area contributed by atoms with Crippen LogP contribution in [0.1, 0.15) is 5.56 Å². The third-order valence-electron chi connectivity index (χ3n) is 3.34. The van der Waals surface area contributed by atoms with Gasteiger partial charge in [-0.2, -0.15) is 0 Å². The molecule has 2 aromatic rings. The molecular weight excluding hydrogens is 349 g/mol. The minimum Gasteiger partial charge on any atom is -0.496 e. The molecule has 0 aliphatic rings. The number of anilines is 1. The van der Waals surface area contributed by atoms with E-state index in [0.29, 0.717) is 22.8 Å². The van der Waals surface area contributed by atoms with Gasteiger partial charge in [-0.05, 0) is 30.3 Å². The summed E-state index contributed by atoms with van der Waals surface area (Å²) in [6.07, 6.45) is 2.79. The highest BCUT2D eigenvalue weighted by molar-refractivity contribution is 6.30. The van der Waals surface area contributed by atoms with Crippen LogP contribution in [0, 0.1) is 5.82 Å². The number of hydrogen-bond acceptors (Lipinski definition) is 4. The lowest BCUT2D eigenvalue weighted by molar-refractivity contribution is -0.111. The largest absolute Gasteiger partial charge is 0.496 e. The zero-order chi connectivity index (χ0) is 18.4. The molecule has 2 rings (SSSR count). The van der Waals surface area contributed by atoms with Crippen molar-refractivity contribution in [2.75, 3.05) is 26.6 Å². The van der Waals surface area contributed by atoms with Crippen molar-refractivity contribution in [3.05, 3.63) is 52.8 Å². The molecule has 0 saturated heterocycles. The van der Waals surface area contributed by atoms with Crippen LogP contribution in [0.15, 0.2) is 36.4 Å². The van der Waals surface area contributed by atoms with Gasteiger partial charge in [0.2, 0.25) is 5.91 Å². The van der Waals surface area contributed by atoms with Gasteiger partial charge in [-0.3, -0.25) is 4.79 Å². The summed E-state index contributed by atoms with van der Waals surface area (Å²) in [5.41, 5.74) is 0.644. The molecule has 0 aliphatic heterocycles. The van der Waals surface area contributed by atoms with Crippen LogP contribution in [0.4, 0.5) is 10.1 Å². The third-order valence-corrected chi connectivity index (χ3v) is 3.57. The highest BCUT2D eigenvalue weighted by Crippen LogP contribution is 2.35. The Balaban J connectivity index is 2.21. The van der Waals surface area contributed by atoms with E-state index in [1.54, 1.807) is 12.1 Å². The molecule has 25 heavy (non-hydrogen) atoms. The van der Waals surface area contributed by atoms with Crippen LogP contribution < -0.4 is 19.5 Å². The maximum Gasteiger partial charge on any atom is 0.248 e. The molecule has 5 nitrogen and oxygen atoms in total. The van der Waals surface area contributed by atoms with E-state index in [2.05, 4.69) is 5.32 Å². The zero-order valence-electron chi connectivity index (χ0n) is 13.9. The summed E-state index contributed by atoms with van der Waals surface area (Å²) in [5, 5.41) is 2.69. The maximum atomic E-state index is 13.7. The molecule has 1 N–H and O–H groups in total. The predicted molar refractivity (Wildman–Crippen MR) is 95.2 cm³/mol. The quantitative estimate of drug-likeness (QED) is 0.781. The average Bonchev–Trinajstić information content (AvgIpc) is 2.61. The molecule has 0 fully saturated rings. The molecule has 0 aromatic heterocycles. The number of carbonyl (C=O) groups is 1. The first-order valence-electron chi connectivity index (χ1n) is 7.22. The average molecular weight is 366 g/mol. The van der Waals surface area contributed by atoms with Gasteiger partial charge in [-0.1, -0.05) is 11.6 Å². The summed E-state index contributed by atoms with van der Waals surface area (Å²) in [5.74, 6) is 0.381. The van der Waals surface area contributed by atoms with Crippen LogP contribution in [0.2, 0.25) is 5.02 Å². The molecule has 0 bridgehead atoms. The van der Waals surface area contributed by atoms with E-state index in [9.17, 15) is 9.18 Å². The van der Waals surface area contributed by atoms with Gasteiger partial charge in [0.25, 0.3) is 0 Å². The lowest BCUT2D eigenvalue weighted by Gasteiger charge is -2.12. The molecule has 0 saturated carbocycles. The van der Waals surface area contributed by atoms with Gasteiger partial charge in [-0.15, -0.1) is 0 Å². The number of amides is 1. The number of carbonyl (C=O) groups excluding carboxylic acids is 1. The number of benzene rings is 2. The summed E-state index contributed by atoms with van der Waals surface area (Å²) in [4.78, 5) is 12.0. The molecule has 0 unspecified atom stereocenters. The van der Waals surface area contributed by atoms with Gasteiger partial charge in [0.15, 0.2) is 11.5 Å². The minimum absolute atomic E-state index is 0.0401. The van der Waals surface area contributed by atoms with E-state index in [4.69, 9.17) is 25.8 Å². The standard InChI is InChI=1S/C18H17ClFNO4/c1-23-15-10-17(25-3)16(24-2)8-11(15)4-7-18(22)21-14-6-5-12(19)9-13(14)20/h4-10H,1-3H3,(H,21,22)/b7-4+. The molecule has 0 spiro atoms. The second-order valence-corrected chi connectivity index (χ2v) is 5.33. The summed E-state index contributed by atoms with van der Waals surface area (Å²) in [7, 11) is 4.52. The smallest absolute Gasteiger partial charge is 0.248 e. The van der Waals surface area contributed by atoms with E-state index in [-0.39, 0.29) is 10.7 Å². The highest BCUT2D eigenvalue weighted by atomic mass is 35.5. The molecule has 2 aromatic carbocycles. The lowest BCUT2D eigenvalue weighted by atomic mass is 10.1. The Kier molecular flexibility index (Phi) is 6.25. The monoisotopic (exact) mass is 365 g/mol. The van der Waals surface area contributed by atoms with Gasteiger partial charge in [-0.25, -0.2) is 4.39 Å². The summed E-state index contributed by atoms with van der Waals surface area (Å²) in [6, 6.07) is 7.32. The normalized spacial score (nSPS) is 10.6. The Labute approximate surface area is 150 Å². The van der Waals surface area contributed by atoms with Gasteiger partial charge >= 0.3 is 0 Å². The van der Waals surface area contributed by atoms with Gasteiger partial charge in [0.05, 0.1) is 27.0 Å². The summed E-state index contributed by atoms with van der Waals surface area (Å²) < 4.78 is 29.4. The Morgan fingerprint density at radius 3 is 2.28 bits per heavy atom. The maximum absolute atomic E-state index is 13.7. The third kappa shape index (κ3) is 4.64. The van der Waals surface area contributed by atoms with E-state index in [1.807, 2.05) is 0 Å². The van der Waals surface area contributed by atoms with Gasteiger partial charge in [0.1, 0.15) is 11.6 Å². The summed E-state index contributed by atoms with van der Waals surface area (Å²) in [6.45, 7) is 0. The van der Waals surface area contributed by atoms with E-state index in [0.717, 1.165) is 6.07 Å². The molecule has 1 amide bonds. The van der Waals surface area contributed by atoms with Crippen molar-refractivity contribution >= 4 is 29.3 Å². The van der Waals surface area contributed by atoms with Gasteiger partial charge < -0.3 is 19.5 Å². The van der Waals surface area contributed by atoms with Crippen LogP contribution in [0.5, 0.6) is 17.2 Å². The second-order valence-electron chi connectivity index (χ2n) is 4.90. The van der Waals surface area contributed by atoms with Crippen molar-refractivity contribution in [1.82, 2.24) is 0 Å². The van der Waals surface area contributed by atoms with E-state index in [1.165, 1.54) is 45.6 Å². The van der Waals surface area contributed by atoms with Crippen molar-refractivity contribution in [2.45, 2.75) is 0 Å². The minimum atomic E-state index is -0.613. The number of rotatable bonds is 6. The first kappa shape index (κ1) is 18.6. The van der Waals surface area contributed by atoms with Crippen molar-refractivity contribution in [2.24, 2.45) is 0 Å². The van der Waals surface area contributed by atoms with Crippen LogP contribution in [-0.4, -0.2) is 27.2 Å². The lowest BCUT2D eigenvalue weighted by Crippen LogP contribution is -2.09. The second kappa shape index (κ2) is 8.39. The fraction of sp³-hybridized carbons (Fsp3) is 0.167. The molecule has 0 atom stereocenters. The number of nitrogens with one attached hydrogen (secondary N) is 1. The fourth-order valence-corrected chi connectivity index (χ4v) is 2.27. The molecule has 0 radical (unpaired) electrons. The van der Waals surface area contributed by atoms with Crippen molar-refractivity contribution in [3.63, 3.8) is 0 Å². The fourth-order valence-electron chi connectivity index (χ4n) is 2.11. The van der Waals surface area contributed by atoms with Crippen LogP contribution in [0.3, 0.4) is 0 Å². The number of halogens is 2. The van der Waals surface area contributed by atoms with Crippen molar-refractivity contribution in [1.29, 1.82) is 0 Å². The molecule has 132 valence electrons. The Bertz CT molecular complexity index is 808. The molecule has 0 aliphatic carbocycles. The predicted octanol–water partition coefficient (Wildman–Crippen LogP) is 4.16. The highest BCUT2D eigenvalue weighted by Gasteiger charge is 2.11. The molecule has 7 heteroatoms. The summed E-state index contributed by atoms with van der Waals surface area (Å²) >= 11 is 5.68. The van der Waals surface area contributed by atoms with E-state index >= 15 is 0 Å². The number of hydrogen-bond donors (Lipinski definition) is 1. The first-order valence-corrected chi connectivity index (χ1v) is 7.60. The van der Waals surface area contributed by atoms with Crippen LogP contribution in [-0.2, 0) is 4.79 Å². The Morgan fingerprint density at radius 1 is 1.04 bits per heavy atom. The van der Waals surface area contributed by atoms with Crippen molar-refractivity contribution < 1.29 is 23.4 Å². The van der Waals surface area contributed by atoms with Crippen molar-refractivity contribution in [3.8, 4) is 17.2 Å². The molecule has 0 heterocycles. The first-order chi connectivity index (χ1) is 12.0. The number of methoxy groups -OCH3 is 3. The number of ether oxygens (including phenoxy) is 3. The van der Waals surface area contributed by atoms with Crippen LogP contribution >= 0.6 is 11.6 Å². The molecular formula is C18H17ClFNO4. The van der Waals surface area contributed by atoms with Crippen LogP contribution in [0.25, 0.3) is 6.08 Å². The SMILES string of the molecule is COc1cc(OC)c(OC)cc1/C=C/C(=O)Nc1ccc(Cl)cc1F. The Morgan fingerprint density at radius 2 is 1.68 bits per heavy atom. The van der Waals surface area contributed by atoms with Gasteiger partial charge in [0, 0.05) is 22.7 Å².